The number of anilines is 1. The number of aromatic nitrogens is 3. The summed E-state index contributed by atoms with van der Waals surface area (Å²) in [5.41, 5.74) is 0.578. The standard InChI is InChI=1S/C12H11N5O2/c1-17-10(8(6-13)7-15-17)16-11(18)9-4-3-5-14-12(9)19-2/h3-5,7H,1-2H3,(H,16,18). The number of carbonyl (C=O) groups is 1. The molecule has 0 aliphatic heterocycles. The average molecular weight is 257 g/mol. The maximum Gasteiger partial charge on any atom is 0.262 e. The molecule has 2 aromatic heterocycles. The molecular weight excluding hydrogens is 246 g/mol. The third kappa shape index (κ3) is 2.37. The summed E-state index contributed by atoms with van der Waals surface area (Å²) in [5, 5.41) is 15.5. The van der Waals surface area contributed by atoms with Gasteiger partial charge < -0.3 is 10.1 Å². The molecule has 7 nitrogen and oxygen atoms in total. The molecule has 7 heteroatoms. The van der Waals surface area contributed by atoms with Gasteiger partial charge in [0.1, 0.15) is 23.0 Å². The minimum Gasteiger partial charge on any atom is -0.480 e. The lowest BCUT2D eigenvalue weighted by Gasteiger charge is -2.08. The molecule has 0 radical (unpaired) electrons. The number of nitriles is 1. The average Bonchev–Trinajstić information content (AvgIpc) is 2.79. The number of rotatable bonds is 3. The van der Waals surface area contributed by atoms with Crippen molar-refractivity contribution in [3.63, 3.8) is 0 Å². The largest absolute Gasteiger partial charge is 0.480 e. The van der Waals surface area contributed by atoms with Crippen LogP contribution in [-0.4, -0.2) is 27.8 Å². The minimum atomic E-state index is -0.412. The Balaban J connectivity index is 2.31. The smallest absolute Gasteiger partial charge is 0.262 e. The van der Waals surface area contributed by atoms with E-state index in [0.29, 0.717) is 11.4 Å². The van der Waals surface area contributed by atoms with E-state index in [1.165, 1.54) is 24.2 Å². The number of methoxy groups -OCH3 is 1. The molecule has 0 unspecified atom stereocenters. The Kier molecular flexibility index (Phi) is 3.43. The van der Waals surface area contributed by atoms with Crippen LogP contribution in [0.15, 0.2) is 24.5 Å². The first-order chi connectivity index (χ1) is 9.17. The lowest BCUT2D eigenvalue weighted by molar-refractivity contribution is 0.102. The SMILES string of the molecule is COc1ncccc1C(=O)Nc1c(C#N)cnn1C. The van der Waals surface area contributed by atoms with E-state index >= 15 is 0 Å². The molecule has 0 atom stereocenters. The Hall–Kier alpha value is -2.88. The van der Waals surface area contributed by atoms with Gasteiger partial charge in [0.2, 0.25) is 5.88 Å². The van der Waals surface area contributed by atoms with Crippen LogP contribution >= 0.6 is 0 Å². The summed E-state index contributed by atoms with van der Waals surface area (Å²) >= 11 is 0. The van der Waals surface area contributed by atoms with Gasteiger partial charge in [-0.05, 0) is 12.1 Å². The van der Waals surface area contributed by atoms with Crippen LogP contribution in [0.25, 0.3) is 0 Å². The van der Waals surface area contributed by atoms with Crippen LogP contribution in [0.1, 0.15) is 15.9 Å². The van der Waals surface area contributed by atoms with E-state index in [1.54, 1.807) is 19.2 Å². The normalized spacial score (nSPS) is 9.74. The van der Waals surface area contributed by atoms with Gasteiger partial charge in [0.05, 0.1) is 13.3 Å². The van der Waals surface area contributed by atoms with Crippen molar-refractivity contribution >= 4 is 11.7 Å². The highest BCUT2D eigenvalue weighted by atomic mass is 16.5. The third-order valence-electron chi connectivity index (χ3n) is 2.50. The fourth-order valence-corrected chi connectivity index (χ4v) is 1.57. The second kappa shape index (κ2) is 5.18. The number of nitrogens with one attached hydrogen (secondary N) is 1. The van der Waals surface area contributed by atoms with Crippen molar-refractivity contribution in [1.82, 2.24) is 14.8 Å². The van der Waals surface area contributed by atoms with Gasteiger partial charge in [-0.2, -0.15) is 10.4 Å². The van der Waals surface area contributed by atoms with Crippen molar-refractivity contribution in [2.75, 3.05) is 12.4 Å². The topological polar surface area (TPSA) is 92.8 Å². The molecule has 0 aliphatic carbocycles. The van der Waals surface area contributed by atoms with Gasteiger partial charge in [-0.1, -0.05) is 0 Å². The summed E-state index contributed by atoms with van der Waals surface area (Å²) in [6.07, 6.45) is 2.91. The molecule has 2 aromatic rings. The highest BCUT2D eigenvalue weighted by Gasteiger charge is 2.16. The molecule has 1 amide bonds. The second-order valence-corrected chi connectivity index (χ2v) is 3.66. The lowest BCUT2D eigenvalue weighted by Crippen LogP contribution is -2.16. The van der Waals surface area contributed by atoms with Crippen LogP contribution in [0.4, 0.5) is 5.82 Å². The van der Waals surface area contributed by atoms with Crippen molar-refractivity contribution in [2.24, 2.45) is 7.05 Å². The molecule has 2 rings (SSSR count). The molecule has 2 heterocycles. The summed E-state index contributed by atoms with van der Waals surface area (Å²) in [6.45, 7) is 0. The van der Waals surface area contributed by atoms with Gasteiger partial charge in [-0.25, -0.2) is 4.98 Å². The van der Waals surface area contributed by atoms with E-state index in [9.17, 15) is 4.79 Å². The van der Waals surface area contributed by atoms with Gasteiger partial charge >= 0.3 is 0 Å². The van der Waals surface area contributed by atoms with E-state index in [0.717, 1.165) is 0 Å². The van der Waals surface area contributed by atoms with Crippen LogP contribution in [0.2, 0.25) is 0 Å². The molecule has 0 saturated carbocycles. The molecule has 0 spiro atoms. The zero-order valence-electron chi connectivity index (χ0n) is 10.4. The first-order valence-corrected chi connectivity index (χ1v) is 5.39. The van der Waals surface area contributed by atoms with Crippen LogP contribution in [0.3, 0.4) is 0 Å². The zero-order valence-corrected chi connectivity index (χ0v) is 10.4. The number of nitrogens with zero attached hydrogens (tertiary/aromatic N) is 4. The Morgan fingerprint density at radius 1 is 1.58 bits per heavy atom. The molecule has 0 aromatic carbocycles. The summed E-state index contributed by atoms with van der Waals surface area (Å²) in [4.78, 5) is 16.1. The van der Waals surface area contributed by atoms with E-state index in [1.807, 2.05) is 6.07 Å². The maximum absolute atomic E-state index is 12.1. The summed E-state index contributed by atoms with van der Waals surface area (Å²) in [7, 11) is 3.07. The molecule has 0 fully saturated rings. The zero-order chi connectivity index (χ0) is 13.8. The number of pyridine rings is 1. The van der Waals surface area contributed by atoms with Crippen molar-refractivity contribution in [2.45, 2.75) is 0 Å². The molecule has 0 bridgehead atoms. The number of amides is 1. The molecule has 0 aliphatic rings. The first-order valence-electron chi connectivity index (χ1n) is 5.39. The molecule has 1 N–H and O–H groups in total. The van der Waals surface area contributed by atoms with E-state index in [-0.39, 0.29) is 11.4 Å². The highest BCUT2D eigenvalue weighted by Crippen LogP contribution is 2.18. The predicted octanol–water partition coefficient (Wildman–Crippen LogP) is 0.948. The summed E-state index contributed by atoms with van der Waals surface area (Å²) < 4.78 is 6.43. The molecule has 19 heavy (non-hydrogen) atoms. The van der Waals surface area contributed by atoms with Gasteiger partial charge in [0.15, 0.2) is 0 Å². The van der Waals surface area contributed by atoms with Crippen LogP contribution in [0, 0.1) is 11.3 Å². The monoisotopic (exact) mass is 257 g/mol. The molecule has 96 valence electrons. The Labute approximate surface area is 109 Å². The van der Waals surface area contributed by atoms with Gasteiger partial charge in [-0.15, -0.1) is 0 Å². The van der Waals surface area contributed by atoms with Crippen molar-refractivity contribution in [1.29, 1.82) is 5.26 Å². The lowest BCUT2D eigenvalue weighted by atomic mass is 10.2. The number of carbonyl (C=O) groups excluding carboxylic acids is 1. The van der Waals surface area contributed by atoms with Crippen LogP contribution in [0.5, 0.6) is 5.88 Å². The molecular formula is C12H11N5O2. The minimum absolute atomic E-state index is 0.223. The number of hydrogen-bond acceptors (Lipinski definition) is 5. The van der Waals surface area contributed by atoms with Gasteiger partial charge in [0.25, 0.3) is 5.91 Å². The van der Waals surface area contributed by atoms with Crippen molar-refractivity contribution in [3.8, 4) is 11.9 Å². The quantitative estimate of drug-likeness (QED) is 0.883. The first kappa shape index (κ1) is 12.6. The van der Waals surface area contributed by atoms with Crippen LogP contribution < -0.4 is 10.1 Å². The van der Waals surface area contributed by atoms with Crippen LogP contribution in [-0.2, 0) is 7.05 Å². The maximum atomic E-state index is 12.1. The van der Waals surface area contributed by atoms with E-state index in [4.69, 9.17) is 10.00 Å². The van der Waals surface area contributed by atoms with E-state index in [2.05, 4.69) is 15.4 Å². The number of ether oxygens (including phenoxy) is 1. The Morgan fingerprint density at radius 2 is 2.37 bits per heavy atom. The van der Waals surface area contributed by atoms with Crippen molar-refractivity contribution < 1.29 is 9.53 Å². The fraction of sp³-hybridized carbons (Fsp3) is 0.167. The Bertz CT molecular complexity index is 656. The van der Waals surface area contributed by atoms with Gasteiger partial charge in [-0.3, -0.25) is 9.48 Å². The van der Waals surface area contributed by atoms with E-state index < -0.39 is 5.91 Å². The highest BCUT2D eigenvalue weighted by molar-refractivity contribution is 6.05. The summed E-state index contributed by atoms with van der Waals surface area (Å²) in [5.74, 6) is 0.143. The van der Waals surface area contributed by atoms with Gasteiger partial charge in [0, 0.05) is 13.2 Å². The Morgan fingerprint density at radius 3 is 3.05 bits per heavy atom. The fourth-order valence-electron chi connectivity index (χ4n) is 1.57. The number of hydrogen-bond donors (Lipinski definition) is 1. The second-order valence-electron chi connectivity index (χ2n) is 3.66. The van der Waals surface area contributed by atoms with Crippen molar-refractivity contribution in [3.05, 3.63) is 35.7 Å². The third-order valence-corrected chi connectivity index (χ3v) is 2.50. The predicted molar refractivity (Wildman–Crippen MR) is 66.7 cm³/mol. The number of aryl methyl sites for hydroxylation is 1. The molecule has 0 saturated heterocycles. The summed E-state index contributed by atoms with van der Waals surface area (Å²) in [6, 6.07) is 5.17.